The molecule has 0 radical (unpaired) electrons. The van der Waals surface area contributed by atoms with Gasteiger partial charge >= 0.3 is 7.60 Å². The number of hydrogen-bond acceptors (Lipinski definition) is 3. The third-order valence-electron chi connectivity index (χ3n) is 5.09. The van der Waals surface area contributed by atoms with E-state index >= 15 is 0 Å². The van der Waals surface area contributed by atoms with Gasteiger partial charge in [0.15, 0.2) is 0 Å². The third-order valence-corrected chi connectivity index (χ3v) is 6.93. The maximum atomic E-state index is 12.5. The molecule has 144 valence electrons. The van der Waals surface area contributed by atoms with Crippen molar-refractivity contribution in [3.63, 3.8) is 0 Å². The van der Waals surface area contributed by atoms with Crippen molar-refractivity contribution in [2.75, 3.05) is 0 Å². The fourth-order valence-electron chi connectivity index (χ4n) is 3.69. The summed E-state index contributed by atoms with van der Waals surface area (Å²) >= 11 is 0. The third kappa shape index (κ3) is 5.47. The van der Waals surface area contributed by atoms with E-state index in [9.17, 15) is 24.6 Å². The van der Waals surface area contributed by atoms with E-state index in [1.165, 1.54) is 18.2 Å². The van der Waals surface area contributed by atoms with Crippen LogP contribution in [0.3, 0.4) is 0 Å². The average Bonchev–Trinajstić information content (AvgIpc) is 2.51. The van der Waals surface area contributed by atoms with Gasteiger partial charge in [0.05, 0.1) is 5.16 Å². The monoisotopic (exact) mass is 372 g/mol. The second-order valence-corrected chi connectivity index (χ2v) is 9.77. The Hall–Kier alpha value is -1.03. The summed E-state index contributed by atoms with van der Waals surface area (Å²) in [5.41, 5.74) is -0.177. The Morgan fingerprint density at radius 3 is 1.96 bits per heavy atom. The predicted octanol–water partition coefficient (Wildman–Crippen LogP) is 5.06. The van der Waals surface area contributed by atoms with E-state index in [0.717, 1.165) is 25.7 Å². The molecule has 0 unspecified atom stereocenters. The molecule has 0 saturated heterocycles. The fraction of sp³-hybridized carbons (Fsp3) is 0.684. The Kier molecular flexibility index (Phi) is 7.54. The summed E-state index contributed by atoms with van der Waals surface area (Å²) in [6.07, 6.45) is 4.39. The van der Waals surface area contributed by atoms with Crippen LogP contribution in [0, 0.1) is 0 Å². The molecule has 0 fully saturated rings. The normalized spacial score (nSPS) is 13.2. The largest absolute Gasteiger partial charge is 0.508 e. The Morgan fingerprint density at radius 1 is 1.00 bits per heavy atom. The lowest BCUT2D eigenvalue weighted by Gasteiger charge is -2.41. The molecule has 0 heterocycles. The highest BCUT2D eigenvalue weighted by atomic mass is 31.2. The highest BCUT2D eigenvalue weighted by Crippen LogP contribution is 2.61. The summed E-state index contributed by atoms with van der Waals surface area (Å²) in [4.78, 5) is 20.4. The SMILES string of the molecule is CCCCC(CCCC)(CC(C)(C)c1cc(O)ccc1O)P(=O)(O)O. The zero-order chi connectivity index (χ0) is 19.3. The number of phenols is 2. The van der Waals surface area contributed by atoms with Crippen LogP contribution < -0.4 is 0 Å². The minimum Gasteiger partial charge on any atom is -0.508 e. The van der Waals surface area contributed by atoms with Crippen LogP contribution in [0.15, 0.2) is 18.2 Å². The van der Waals surface area contributed by atoms with Gasteiger partial charge in [0.1, 0.15) is 11.5 Å². The van der Waals surface area contributed by atoms with Gasteiger partial charge in [-0.1, -0.05) is 53.4 Å². The van der Waals surface area contributed by atoms with Gasteiger partial charge in [-0.25, -0.2) is 0 Å². The molecule has 1 aromatic rings. The zero-order valence-corrected chi connectivity index (χ0v) is 16.7. The summed E-state index contributed by atoms with van der Waals surface area (Å²) in [6.45, 7) is 7.75. The lowest BCUT2D eigenvalue weighted by molar-refractivity contribution is 0.255. The molecule has 0 aliphatic rings. The second kappa shape index (κ2) is 8.57. The molecule has 25 heavy (non-hydrogen) atoms. The van der Waals surface area contributed by atoms with Crippen molar-refractivity contribution in [1.82, 2.24) is 0 Å². The first-order valence-electron chi connectivity index (χ1n) is 9.07. The fourth-order valence-corrected chi connectivity index (χ4v) is 5.19. The number of rotatable bonds is 10. The maximum absolute atomic E-state index is 12.5. The van der Waals surface area contributed by atoms with E-state index in [-0.39, 0.29) is 17.9 Å². The first kappa shape index (κ1) is 22.0. The molecule has 0 spiro atoms. The van der Waals surface area contributed by atoms with E-state index in [0.29, 0.717) is 18.4 Å². The molecule has 0 bridgehead atoms. The smallest absolute Gasteiger partial charge is 0.331 e. The van der Waals surface area contributed by atoms with Crippen LogP contribution in [0.4, 0.5) is 0 Å². The number of unbranched alkanes of at least 4 members (excludes halogenated alkanes) is 2. The van der Waals surface area contributed by atoms with Crippen LogP contribution >= 0.6 is 7.60 Å². The molecule has 1 aromatic carbocycles. The summed E-state index contributed by atoms with van der Waals surface area (Å²) < 4.78 is 12.5. The van der Waals surface area contributed by atoms with E-state index in [1.807, 2.05) is 27.7 Å². The average molecular weight is 372 g/mol. The van der Waals surface area contributed by atoms with Crippen LogP contribution in [-0.2, 0) is 9.98 Å². The molecule has 0 atom stereocenters. The van der Waals surface area contributed by atoms with Crippen molar-refractivity contribution in [2.24, 2.45) is 0 Å². The minimum atomic E-state index is -4.35. The quantitative estimate of drug-likeness (QED) is 0.340. The van der Waals surface area contributed by atoms with Gasteiger partial charge in [0.25, 0.3) is 0 Å². The summed E-state index contributed by atoms with van der Waals surface area (Å²) in [6, 6.07) is 4.31. The van der Waals surface area contributed by atoms with Gasteiger partial charge in [0.2, 0.25) is 0 Å². The Labute approximate surface area is 151 Å². The first-order chi connectivity index (χ1) is 11.5. The van der Waals surface area contributed by atoms with Crippen molar-refractivity contribution in [2.45, 2.75) is 83.2 Å². The molecular formula is C19H33O5P. The number of aromatic hydroxyl groups is 2. The van der Waals surface area contributed by atoms with Crippen molar-refractivity contribution >= 4 is 7.60 Å². The second-order valence-electron chi connectivity index (χ2n) is 7.74. The van der Waals surface area contributed by atoms with Gasteiger partial charge in [-0.2, -0.15) is 0 Å². The van der Waals surface area contributed by atoms with Crippen molar-refractivity contribution in [1.29, 1.82) is 0 Å². The van der Waals surface area contributed by atoms with Gasteiger partial charge in [-0.15, -0.1) is 0 Å². The van der Waals surface area contributed by atoms with Gasteiger partial charge in [-0.3, -0.25) is 4.57 Å². The van der Waals surface area contributed by atoms with Crippen LogP contribution in [0.25, 0.3) is 0 Å². The first-order valence-corrected chi connectivity index (χ1v) is 10.7. The molecular weight excluding hydrogens is 339 g/mol. The van der Waals surface area contributed by atoms with Crippen molar-refractivity contribution in [3.05, 3.63) is 23.8 Å². The van der Waals surface area contributed by atoms with E-state index in [1.54, 1.807) is 0 Å². The lowest BCUT2D eigenvalue weighted by atomic mass is 9.73. The lowest BCUT2D eigenvalue weighted by Crippen LogP contribution is -2.37. The van der Waals surface area contributed by atoms with Gasteiger partial charge in [-0.05, 0) is 42.9 Å². The van der Waals surface area contributed by atoms with Gasteiger partial charge in [0, 0.05) is 5.56 Å². The van der Waals surface area contributed by atoms with E-state index < -0.39 is 18.2 Å². The molecule has 0 aliphatic carbocycles. The van der Waals surface area contributed by atoms with Crippen LogP contribution in [-0.4, -0.2) is 25.2 Å². The van der Waals surface area contributed by atoms with Crippen LogP contribution in [0.5, 0.6) is 11.5 Å². The van der Waals surface area contributed by atoms with Crippen LogP contribution in [0.1, 0.15) is 78.2 Å². The molecule has 4 N–H and O–H groups in total. The molecule has 1 rings (SSSR count). The topological polar surface area (TPSA) is 98.0 Å². The van der Waals surface area contributed by atoms with Gasteiger partial charge < -0.3 is 20.0 Å². The van der Waals surface area contributed by atoms with Crippen LogP contribution in [0.2, 0.25) is 0 Å². The van der Waals surface area contributed by atoms with E-state index in [4.69, 9.17) is 0 Å². The summed E-state index contributed by atoms with van der Waals surface area (Å²) in [5, 5.41) is 18.9. The molecule has 0 aromatic heterocycles. The standard InChI is InChI=1S/C19H33O5P/c1-5-7-11-19(12-8-6-2,25(22,23)24)14-18(3,4)16-13-15(20)9-10-17(16)21/h9-10,13,20-21H,5-8,11-12,14H2,1-4H3,(H2,22,23,24). The van der Waals surface area contributed by atoms with E-state index in [2.05, 4.69) is 0 Å². The highest BCUT2D eigenvalue weighted by Gasteiger charge is 2.49. The van der Waals surface area contributed by atoms with Crippen molar-refractivity contribution < 1.29 is 24.6 Å². The number of phenolic OH excluding ortho intramolecular Hbond substituents is 2. The Bertz CT molecular complexity index is 598. The Morgan fingerprint density at radius 2 is 1.52 bits per heavy atom. The predicted molar refractivity (Wildman–Crippen MR) is 101 cm³/mol. The molecule has 0 amide bonds. The molecule has 0 saturated carbocycles. The zero-order valence-electron chi connectivity index (χ0n) is 15.8. The minimum absolute atomic E-state index is 0.0322. The molecule has 5 nitrogen and oxygen atoms in total. The summed E-state index contributed by atoms with van der Waals surface area (Å²) in [7, 11) is -4.35. The number of hydrogen-bond donors (Lipinski definition) is 4. The maximum Gasteiger partial charge on any atom is 0.331 e. The molecule has 6 heteroatoms. The Balaban J connectivity index is 3.33. The molecule has 0 aliphatic heterocycles. The number of benzene rings is 1. The van der Waals surface area contributed by atoms with Crippen molar-refractivity contribution in [3.8, 4) is 11.5 Å². The highest BCUT2D eigenvalue weighted by molar-refractivity contribution is 7.53. The summed E-state index contributed by atoms with van der Waals surface area (Å²) in [5.74, 6) is 0.0677.